The van der Waals surface area contributed by atoms with Crippen LogP contribution in [0, 0.1) is 0 Å². The van der Waals surface area contributed by atoms with Gasteiger partial charge in [0, 0.05) is 30.5 Å². The summed E-state index contributed by atoms with van der Waals surface area (Å²) >= 11 is 0. The van der Waals surface area contributed by atoms with Gasteiger partial charge in [-0.25, -0.2) is 4.79 Å². The Morgan fingerprint density at radius 2 is 1.51 bits per heavy atom. The standard InChI is InChI=1S/C35H34N4O4/c1-4-43-35(42)26-15-20-29-30(21-26)37-34(41)32(29)33(25-13-9-6-10-14-25)36-27-16-18-28(19-17-27)39(3)31(40)23-38(2)22-24-11-7-5-8-12-24/h5-21,36H,4,22-23H2,1-3H3,(H,37,41). The van der Waals surface area contributed by atoms with Gasteiger partial charge in [-0.05, 0) is 61.5 Å². The summed E-state index contributed by atoms with van der Waals surface area (Å²) in [5.41, 5.74) is 6.19. The lowest BCUT2D eigenvalue weighted by atomic mass is 9.99. The van der Waals surface area contributed by atoms with Crippen LogP contribution in [0.5, 0.6) is 0 Å². The molecule has 5 rings (SSSR count). The van der Waals surface area contributed by atoms with Crippen molar-refractivity contribution in [3.63, 3.8) is 0 Å². The third-order valence-corrected chi connectivity index (χ3v) is 7.19. The number of fused-ring (bicyclic) bond motifs is 1. The number of benzene rings is 4. The smallest absolute Gasteiger partial charge is 0.338 e. The van der Waals surface area contributed by atoms with E-state index in [4.69, 9.17) is 4.74 Å². The molecule has 1 aliphatic rings. The first kappa shape index (κ1) is 29.3. The second-order valence-corrected chi connectivity index (χ2v) is 10.3. The van der Waals surface area contributed by atoms with Crippen molar-refractivity contribution in [2.24, 2.45) is 0 Å². The fraction of sp³-hybridized carbons (Fsp3) is 0.171. The molecule has 2 amide bonds. The Balaban J connectivity index is 1.37. The van der Waals surface area contributed by atoms with E-state index in [1.165, 1.54) is 0 Å². The van der Waals surface area contributed by atoms with Gasteiger partial charge in [-0.3, -0.25) is 14.5 Å². The molecule has 1 heterocycles. The Bertz CT molecular complexity index is 1650. The van der Waals surface area contributed by atoms with Crippen molar-refractivity contribution in [2.45, 2.75) is 13.5 Å². The van der Waals surface area contributed by atoms with Crippen LogP contribution in [0.3, 0.4) is 0 Å². The topological polar surface area (TPSA) is 91.0 Å². The Morgan fingerprint density at radius 3 is 2.19 bits per heavy atom. The quantitative estimate of drug-likeness (QED) is 0.181. The Morgan fingerprint density at radius 1 is 0.837 bits per heavy atom. The van der Waals surface area contributed by atoms with Gasteiger partial charge in [0.2, 0.25) is 5.91 Å². The first-order valence-corrected chi connectivity index (χ1v) is 14.1. The molecule has 2 N–H and O–H groups in total. The largest absolute Gasteiger partial charge is 0.462 e. The molecule has 0 atom stereocenters. The highest BCUT2D eigenvalue weighted by molar-refractivity contribution is 6.37. The molecule has 4 aromatic carbocycles. The molecule has 0 saturated carbocycles. The summed E-state index contributed by atoms with van der Waals surface area (Å²) in [4.78, 5) is 42.2. The predicted octanol–water partition coefficient (Wildman–Crippen LogP) is 5.89. The number of anilines is 3. The average Bonchev–Trinajstić information content (AvgIpc) is 3.35. The Labute approximate surface area is 251 Å². The molecule has 0 radical (unpaired) electrons. The maximum Gasteiger partial charge on any atom is 0.338 e. The molecule has 8 heteroatoms. The van der Waals surface area contributed by atoms with Gasteiger partial charge in [-0.15, -0.1) is 0 Å². The van der Waals surface area contributed by atoms with Gasteiger partial charge < -0.3 is 20.3 Å². The highest BCUT2D eigenvalue weighted by atomic mass is 16.5. The van der Waals surface area contributed by atoms with Crippen LogP contribution in [0.4, 0.5) is 17.1 Å². The van der Waals surface area contributed by atoms with Crippen molar-refractivity contribution in [1.82, 2.24) is 4.90 Å². The minimum absolute atomic E-state index is 0.0207. The summed E-state index contributed by atoms with van der Waals surface area (Å²) in [5.74, 6) is -0.735. The molecule has 218 valence electrons. The molecular weight excluding hydrogens is 540 g/mol. The van der Waals surface area contributed by atoms with Crippen molar-refractivity contribution < 1.29 is 19.1 Å². The third-order valence-electron chi connectivity index (χ3n) is 7.19. The van der Waals surface area contributed by atoms with E-state index < -0.39 is 5.97 Å². The van der Waals surface area contributed by atoms with Crippen LogP contribution in [-0.2, 0) is 20.9 Å². The van der Waals surface area contributed by atoms with E-state index in [1.54, 1.807) is 37.1 Å². The van der Waals surface area contributed by atoms with Crippen molar-refractivity contribution in [3.05, 3.63) is 125 Å². The molecular formula is C35H34N4O4. The van der Waals surface area contributed by atoms with E-state index in [-0.39, 0.29) is 25.0 Å². The maximum absolute atomic E-state index is 13.3. The lowest BCUT2D eigenvalue weighted by Crippen LogP contribution is -2.36. The van der Waals surface area contributed by atoms with Gasteiger partial charge in [-0.1, -0.05) is 66.7 Å². The Hall–Kier alpha value is -5.21. The van der Waals surface area contributed by atoms with Crippen molar-refractivity contribution in [3.8, 4) is 0 Å². The van der Waals surface area contributed by atoms with E-state index in [9.17, 15) is 14.4 Å². The fourth-order valence-electron chi connectivity index (χ4n) is 4.99. The van der Waals surface area contributed by atoms with Crippen LogP contribution in [0.25, 0.3) is 11.3 Å². The molecule has 0 bridgehead atoms. The first-order chi connectivity index (χ1) is 20.8. The predicted molar refractivity (Wildman–Crippen MR) is 171 cm³/mol. The number of carbonyl (C=O) groups is 3. The molecule has 8 nitrogen and oxygen atoms in total. The van der Waals surface area contributed by atoms with Crippen LogP contribution in [0.2, 0.25) is 0 Å². The molecule has 0 saturated heterocycles. The summed E-state index contributed by atoms with van der Waals surface area (Å²) in [6, 6.07) is 32.2. The Kier molecular flexibility index (Phi) is 8.98. The number of hydrogen-bond donors (Lipinski definition) is 2. The molecule has 0 aliphatic carbocycles. The zero-order valence-electron chi connectivity index (χ0n) is 24.5. The average molecular weight is 575 g/mol. The van der Waals surface area contributed by atoms with Crippen molar-refractivity contribution in [2.75, 3.05) is 42.8 Å². The molecule has 0 fully saturated rings. The summed E-state index contributed by atoms with van der Waals surface area (Å²) < 4.78 is 5.12. The number of nitrogens with one attached hydrogen (secondary N) is 2. The van der Waals surface area contributed by atoms with Gasteiger partial charge in [0.15, 0.2) is 0 Å². The van der Waals surface area contributed by atoms with Gasteiger partial charge in [-0.2, -0.15) is 0 Å². The van der Waals surface area contributed by atoms with E-state index >= 15 is 0 Å². The van der Waals surface area contributed by atoms with Gasteiger partial charge in [0.1, 0.15) is 0 Å². The highest BCUT2D eigenvalue weighted by Crippen LogP contribution is 2.38. The number of rotatable bonds is 10. The maximum atomic E-state index is 13.3. The number of carbonyl (C=O) groups excluding carboxylic acids is 3. The van der Waals surface area contributed by atoms with E-state index in [1.807, 2.05) is 96.9 Å². The van der Waals surface area contributed by atoms with Gasteiger partial charge in [0.25, 0.3) is 5.91 Å². The third kappa shape index (κ3) is 6.82. The minimum Gasteiger partial charge on any atom is -0.462 e. The number of nitrogens with zero attached hydrogens (tertiary/aromatic N) is 2. The van der Waals surface area contributed by atoms with E-state index in [0.717, 1.165) is 22.5 Å². The van der Waals surface area contributed by atoms with Crippen molar-refractivity contribution in [1.29, 1.82) is 0 Å². The second kappa shape index (κ2) is 13.2. The van der Waals surface area contributed by atoms with Crippen LogP contribution < -0.4 is 15.5 Å². The van der Waals surface area contributed by atoms with Crippen LogP contribution in [-0.4, -0.2) is 49.9 Å². The summed E-state index contributed by atoms with van der Waals surface area (Å²) in [5, 5.41) is 6.33. The number of esters is 1. The van der Waals surface area contributed by atoms with Crippen LogP contribution in [0.1, 0.15) is 34.0 Å². The fourth-order valence-corrected chi connectivity index (χ4v) is 4.99. The molecule has 4 aromatic rings. The van der Waals surface area contributed by atoms with Crippen LogP contribution >= 0.6 is 0 Å². The molecule has 0 unspecified atom stereocenters. The SMILES string of the molecule is CCOC(=O)c1ccc2c(c1)NC(=O)C2=C(Nc1ccc(N(C)C(=O)CN(C)Cc2ccccc2)cc1)c1ccccc1. The molecule has 0 spiro atoms. The zero-order chi connectivity index (χ0) is 30.3. The lowest BCUT2D eigenvalue weighted by molar-refractivity contribution is -0.119. The second-order valence-electron chi connectivity index (χ2n) is 10.3. The van der Waals surface area contributed by atoms with Crippen LogP contribution in [0.15, 0.2) is 103 Å². The van der Waals surface area contributed by atoms with E-state index in [2.05, 4.69) is 10.6 Å². The highest BCUT2D eigenvalue weighted by Gasteiger charge is 2.29. The number of ether oxygens (including phenoxy) is 1. The van der Waals surface area contributed by atoms with Gasteiger partial charge in [0.05, 0.1) is 35.7 Å². The lowest BCUT2D eigenvalue weighted by Gasteiger charge is -2.22. The molecule has 1 aliphatic heterocycles. The summed E-state index contributed by atoms with van der Waals surface area (Å²) in [6.45, 7) is 2.98. The molecule has 0 aromatic heterocycles. The summed E-state index contributed by atoms with van der Waals surface area (Å²) in [6.07, 6.45) is 0. The number of likely N-dealkylation sites (N-methyl/N-ethyl adjacent to an activating group) is 2. The number of hydrogen-bond acceptors (Lipinski definition) is 6. The monoisotopic (exact) mass is 574 g/mol. The normalized spacial score (nSPS) is 13.3. The first-order valence-electron chi connectivity index (χ1n) is 14.1. The number of amides is 2. The van der Waals surface area contributed by atoms with Gasteiger partial charge >= 0.3 is 5.97 Å². The van der Waals surface area contributed by atoms with Crippen molar-refractivity contribution >= 4 is 46.1 Å². The van der Waals surface area contributed by atoms with E-state index in [0.29, 0.717) is 34.6 Å². The minimum atomic E-state index is -0.440. The molecule has 43 heavy (non-hydrogen) atoms. The summed E-state index contributed by atoms with van der Waals surface area (Å²) in [7, 11) is 3.70. The zero-order valence-corrected chi connectivity index (χ0v) is 24.5.